The second-order valence-electron chi connectivity index (χ2n) is 6.15. The molecule has 1 aliphatic heterocycles. The molecule has 1 aromatic carbocycles. The highest BCUT2D eigenvalue weighted by Gasteiger charge is 2.31. The molecule has 2 N–H and O–H groups in total. The topological polar surface area (TPSA) is 55.6 Å². The quantitative estimate of drug-likeness (QED) is 0.864. The van der Waals surface area contributed by atoms with Gasteiger partial charge in [0.1, 0.15) is 11.3 Å². The number of hydrogen-bond acceptors (Lipinski definition) is 3. The molecule has 1 fully saturated rings. The van der Waals surface area contributed by atoms with Gasteiger partial charge in [-0.05, 0) is 37.3 Å². The summed E-state index contributed by atoms with van der Waals surface area (Å²) in [5.41, 5.74) is 7.17. The van der Waals surface area contributed by atoms with Crippen LogP contribution in [0, 0.1) is 5.41 Å². The summed E-state index contributed by atoms with van der Waals surface area (Å²) in [5, 5.41) is 0. The molecule has 0 radical (unpaired) electrons. The van der Waals surface area contributed by atoms with Crippen molar-refractivity contribution in [3.05, 3.63) is 23.8 Å². The van der Waals surface area contributed by atoms with Crippen LogP contribution in [0.25, 0.3) is 0 Å². The Morgan fingerprint density at radius 3 is 2.85 bits per heavy atom. The molecule has 0 spiro atoms. The molecule has 1 aliphatic rings. The third-order valence-electron chi connectivity index (χ3n) is 3.76. The third kappa shape index (κ3) is 3.06. The fourth-order valence-corrected chi connectivity index (χ4v) is 2.81. The average Bonchev–Trinajstić information content (AvgIpc) is 2.37. The van der Waals surface area contributed by atoms with Crippen LogP contribution < -0.4 is 10.5 Å². The maximum Gasteiger partial charge on any atom is 0.259 e. The third-order valence-corrected chi connectivity index (χ3v) is 3.76. The van der Waals surface area contributed by atoms with E-state index in [4.69, 9.17) is 10.5 Å². The molecule has 4 nitrogen and oxygen atoms in total. The van der Waals surface area contributed by atoms with Gasteiger partial charge >= 0.3 is 0 Å². The Bertz CT molecular complexity index is 497. The zero-order valence-corrected chi connectivity index (χ0v) is 12.6. The van der Waals surface area contributed by atoms with Crippen LogP contribution in [0.5, 0.6) is 5.75 Å². The molecule has 0 bridgehead atoms. The number of amides is 1. The first-order chi connectivity index (χ1) is 9.44. The molecule has 2 rings (SSSR count). The van der Waals surface area contributed by atoms with E-state index in [1.54, 1.807) is 6.07 Å². The Labute approximate surface area is 120 Å². The van der Waals surface area contributed by atoms with Crippen LogP contribution in [0.1, 0.15) is 44.0 Å². The smallest absolute Gasteiger partial charge is 0.259 e. The average molecular weight is 276 g/mol. The van der Waals surface area contributed by atoms with E-state index >= 15 is 0 Å². The standard InChI is InChI=1S/C16H24N2O2/c1-4-20-13-8-5-7-12(17)14(13)15(19)18-10-6-9-16(2,3)11-18/h5,7-8H,4,6,9-11,17H2,1-3H3. The first kappa shape index (κ1) is 14.7. The Morgan fingerprint density at radius 2 is 2.20 bits per heavy atom. The van der Waals surface area contributed by atoms with Gasteiger partial charge in [-0.3, -0.25) is 4.79 Å². The molecule has 20 heavy (non-hydrogen) atoms. The number of likely N-dealkylation sites (tertiary alicyclic amines) is 1. The maximum absolute atomic E-state index is 12.8. The molecule has 1 heterocycles. The first-order valence-corrected chi connectivity index (χ1v) is 7.25. The van der Waals surface area contributed by atoms with Crippen molar-refractivity contribution in [3.63, 3.8) is 0 Å². The van der Waals surface area contributed by atoms with Gasteiger partial charge in [0.2, 0.25) is 0 Å². The fourth-order valence-electron chi connectivity index (χ4n) is 2.81. The predicted octanol–water partition coefficient (Wildman–Crippen LogP) is 2.93. The fraction of sp³-hybridized carbons (Fsp3) is 0.562. The minimum atomic E-state index is -0.0145. The lowest BCUT2D eigenvalue weighted by Crippen LogP contribution is -2.43. The number of nitrogen functional groups attached to an aromatic ring is 1. The number of carbonyl (C=O) groups is 1. The van der Waals surface area contributed by atoms with Gasteiger partial charge in [-0.1, -0.05) is 19.9 Å². The van der Waals surface area contributed by atoms with Crippen molar-refractivity contribution < 1.29 is 9.53 Å². The van der Waals surface area contributed by atoms with Crippen LogP contribution in [0.3, 0.4) is 0 Å². The number of hydrogen-bond donors (Lipinski definition) is 1. The van der Waals surface area contributed by atoms with Crippen molar-refractivity contribution in [1.82, 2.24) is 4.90 Å². The number of nitrogens with zero attached hydrogens (tertiary/aromatic N) is 1. The van der Waals surface area contributed by atoms with Gasteiger partial charge in [-0.25, -0.2) is 0 Å². The number of anilines is 1. The minimum Gasteiger partial charge on any atom is -0.493 e. The maximum atomic E-state index is 12.8. The van der Waals surface area contributed by atoms with Crippen molar-refractivity contribution in [2.24, 2.45) is 5.41 Å². The molecule has 4 heteroatoms. The Kier molecular flexibility index (Phi) is 4.21. The van der Waals surface area contributed by atoms with Crippen molar-refractivity contribution in [3.8, 4) is 5.75 Å². The molecule has 0 atom stereocenters. The highest BCUT2D eigenvalue weighted by Crippen LogP contribution is 2.32. The van der Waals surface area contributed by atoms with Gasteiger partial charge in [-0.15, -0.1) is 0 Å². The van der Waals surface area contributed by atoms with Crippen LogP contribution in [-0.2, 0) is 0 Å². The second-order valence-corrected chi connectivity index (χ2v) is 6.15. The van der Waals surface area contributed by atoms with Gasteiger partial charge in [0.15, 0.2) is 0 Å². The lowest BCUT2D eigenvalue weighted by atomic mass is 9.84. The molecule has 1 amide bonds. The van der Waals surface area contributed by atoms with E-state index in [1.807, 2.05) is 24.0 Å². The largest absolute Gasteiger partial charge is 0.493 e. The highest BCUT2D eigenvalue weighted by molar-refractivity contribution is 6.02. The summed E-state index contributed by atoms with van der Waals surface area (Å²) < 4.78 is 5.55. The van der Waals surface area contributed by atoms with Gasteiger partial charge < -0.3 is 15.4 Å². The van der Waals surface area contributed by atoms with Crippen molar-refractivity contribution in [2.45, 2.75) is 33.6 Å². The van der Waals surface area contributed by atoms with Crippen molar-refractivity contribution in [2.75, 3.05) is 25.4 Å². The van der Waals surface area contributed by atoms with Gasteiger partial charge in [0.05, 0.1) is 6.61 Å². The van der Waals surface area contributed by atoms with Gasteiger partial charge in [-0.2, -0.15) is 0 Å². The molecule has 110 valence electrons. The molecule has 0 aromatic heterocycles. The lowest BCUT2D eigenvalue weighted by Gasteiger charge is -2.38. The first-order valence-electron chi connectivity index (χ1n) is 7.25. The summed E-state index contributed by atoms with van der Waals surface area (Å²) in [6.07, 6.45) is 2.19. The summed E-state index contributed by atoms with van der Waals surface area (Å²) in [5.74, 6) is 0.570. The highest BCUT2D eigenvalue weighted by atomic mass is 16.5. The summed E-state index contributed by atoms with van der Waals surface area (Å²) in [6, 6.07) is 5.38. The zero-order valence-electron chi connectivity index (χ0n) is 12.6. The van der Waals surface area contributed by atoms with Crippen LogP contribution in [0.2, 0.25) is 0 Å². The van der Waals surface area contributed by atoms with Crippen molar-refractivity contribution >= 4 is 11.6 Å². The van der Waals surface area contributed by atoms with Crippen molar-refractivity contribution in [1.29, 1.82) is 0 Å². The predicted molar refractivity (Wildman–Crippen MR) is 80.9 cm³/mol. The number of benzene rings is 1. The van der Waals surface area contributed by atoms with Crippen LogP contribution in [0.4, 0.5) is 5.69 Å². The normalized spacial score (nSPS) is 17.9. The summed E-state index contributed by atoms with van der Waals surface area (Å²) in [7, 11) is 0. The van der Waals surface area contributed by atoms with E-state index in [0.29, 0.717) is 23.6 Å². The molecular weight excluding hydrogens is 252 g/mol. The number of carbonyl (C=O) groups excluding carboxylic acids is 1. The van der Waals surface area contributed by atoms with E-state index in [1.165, 1.54) is 0 Å². The van der Waals surface area contributed by atoms with E-state index < -0.39 is 0 Å². The molecular formula is C16H24N2O2. The second kappa shape index (κ2) is 5.73. The van der Waals surface area contributed by atoms with Gasteiger partial charge in [0, 0.05) is 18.8 Å². The van der Waals surface area contributed by atoms with Gasteiger partial charge in [0.25, 0.3) is 5.91 Å². The summed E-state index contributed by atoms with van der Waals surface area (Å²) in [6.45, 7) is 8.39. The van der Waals surface area contributed by atoms with Crippen LogP contribution in [-0.4, -0.2) is 30.5 Å². The molecule has 0 aliphatic carbocycles. The number of rotatable bonds is 3. The monoisotopic (exact) mass is 276 g/mol. The summed E-state index contributed by atoms with van der Waals surface area (Å²) in [4.78, 5) is 14.7. The summed E-state index contributed by atoms with van der Waals surface area (Å²) >= 11 is 0. The Hall–Kier alpha value is -1.71. The van der Waals surface area contributed by atoms with E-state index in [2.05, 4.69) is 13.8 Å². The lowest BCUT2D eigenvalue weighted by molar-refractivity contribution is 0.0580. The SMILES string of the molecule is CCOc1cccc(N)c1C(=O)N1CCCC(C)(C)C1. The van der Waals surface area contributed by atoms with E-state index in [0.717, 1.165) is 25.9 Å². The molecule has 1 aromatic rings. The molecule has 1 saturated heterocycles. The zero-order chi connectivity index (χ0) is 14.8. The van der Waals surface area contributed by atoms with E-state index in [-0.39, 0.29) is 11.3 Å². The van der Waals surface area contributed by atoms with Crippen LogP contribution in [0.15, 0.2) is 18.2 Å². The van der Waals surface area contributed by atoms with Crippen LogP contribution >= 0.6 is 0 Å². The Morgan fingerprint density at radius 1 is 1.45 bits per heavy atom. The Balaban J connectivity index is 2.29. The van der Waals surface area contributed by atoms with E-state index in [9.17, 15) is 4.79 Å². The minimum absolute atomic E-state index is 0.0145. The number of piperidine rings is 1. The molecule has 0 saturated carbocycles. The number of nitrogens with two attached hydrogens (primary N) is 1. The number of ether oxygens (including phenoxy) is 1. The molecule has 0 unspecified atom stereocenters.